The summed E-state index contributed by atoms with van der Waals surface area (Å²) in [6.45, 7) is 2.65. The topological polar surface area (TPSA) is 38.3 Å². The fraction of sp³-hybridized carbons (Fsp3) is 0.364. The molecule has 0 bridgehead atoms. The number of hydrogen-bond donors (Lipinski definition) is 1. The second-order valence-corrected chi connectivity index (χ2v) is 4.15. The first-order chi connectivity index (χ1) is 7.61. The van der Waals surface area contributed by atoms with E-state index in [4.69, 9.17) is 27.9 Å². The van der Waals surface area contributed by atoms with Crippen molar-refractivity contribution in [1.29, 1.82) is 0 Å². The van der Waals surface area contributed by atoms with E-state index in [-0.39, 0.29) is 0 Å². The van der Waals surface area contributed by atoms with Crippen LogP contribution in [0, 0.1) is 0 Å². The summed E-state index contributed by atoms with van der Waals surface area (Å²) in [7, 11) is 0. The molecule has 0 saturated heterocycles. The quantitative estimate of drug-likeness (QED) is 0.836. The van der Waals surface area contributed by atoms with E-state index in [0.29, 0.717) is 22.3 Å². The highest BCUT2D eigenvalue weighted by molar-refractivity contribution is 6.34. The summed E-state index contributed by atoms with van der Waals surface area (Å²) in [5, 5.41) is 3.49. The number of nitrogens with one attached hydrogen (secondary N) is 1. The summed E-state index contributed by atoms with van der Waals surface area (Å²) in [6.07, 6.45) is 1.45. The third-order valence-corrected chi connectivity index (χ3v) is 2.28. The smallest absolute Gasteiger partial charge is 0.410 e. The number of hydrogen-bond acceptors (Lipinski definition) is 2. The van der Waals surface area contributed by atoms with E-state index in [1.165, 1.54) is 12.1 Å². The monoisotopic (exact) mass is 261 g/mol. The highest BCUT2D eigenvalue weighted by atomic mass is 35.5. The molecule has 0 spiro atoms. The SMILES string of the molecule is CCCCNC(=O)Oc1cc(Cl)cc(Cl)c1. The third kappa shape index (κ3) is 4.73. The van der Waals surface area contributed by atoms with Gasteiger partial charge in [-0.3, -0.25) is 0 Å². The molecule has 0 aliphatic heterocycles. The number of rotatable bonds is 4. The lowest BCUT2D eigenvalue weighted by Crippen LogP contribution is -2.27. The molecule has 0 aromatic heterocycles. The predicted octanol–water partition coefficient (Wildman–Crippen LogP) is 3.88. The average Bonchev–Trinajstić information content (AvgIpc) is 2.16. The zero-order chi connectivity index (χ0) is 12.0. The maximum absolute atomic E-state index is 11.3. The van der Waals surface area contributed by atoms with Gasteiger partial charge < -0.3 is 10.1 Å². The van der Waals surface area contributed by atoms with Crippen LogP contribution in [0.15, 0.2) is 18.2 Å². The first kappa shape index (κ1) is 13.1. The fourth-order valence-corrected chi connectivity index (χ4v) is 1.60. The Bertz CT molecular complexity index is 349. The number of unbranched alkanes of at least 4 members (excludes halogenated alkanes) is 1. The van der Waals surface area contributed by atoms with Crippen molar-refractivity contribution >= 4 is 29.3 Å². The van der Waals surface area contributed by atoms with Gasteiger partial charge in [-0.2, -0.15) is 0 Å². The lowest BCUT2D eigenvalue weighted by Gasteiger charge is -2.06. The molecule has 1 aromatic carbocycles. The van der Waals surface area contributed by atoms with Gasteiger partial charge in [-0.05, 0) is 24.6 Å². The van der Waals surface area contributed by atoms with Gasteiger partial charge in [-0.15, -0.1) is 0 Å². The van der Waals surface area contributed by atoms with Gasteiger partial charge >= 0.3 is 6.09 Å². The van der Waals surface area contributed by atoms with Gasteiger partial charge in [-0.1, -0.05) is 36.5 Å². The lowest BCUT2D eigenvalue weighted by molar-refractivity contribution is 0.200. The molecule has 0 fully saturated rings. The van der Waals surface area contributed by atoms with E-state index >= 15 is 0 Å². The molecular weight excluding hydrogens is 249 g/mol. The molecule has 0 aliphatic carbocycles. The Hall–Kier alpha value is -0.930. The van der Waals surface area contributed by atoms with E-state index in [9.17, 15) is 4.79 Å². The second-order valence-electron chi connectivity index (χ2n) is 3.28. The maximum Gasteiger partial charge on any atom is 0.412 e. The Balaban J connectivity index is 2.49. The van der Waals surface area contributed by atoms with Gasteiger partial charge in [0, 0.05) is 16.6 Å². The minimum Gasteiger partial charge on any atom is -0.410 e. The van der Waals surface area contributed by atoms with Gasteiger partial charge in [-0.25, -0.2) is 4.79 Å². The van der Waals surface area contributed by atoms with Crippen molar-refractivity contribution in [3.63, 3.8) is 0 Å². The molecule has 0 atom stereocenters. The summed E-state index contributed by atoms with van der Waals surface area (Å²) >= 11 is 11.5. The van der Waals surface area contributed by atoms with Crippen LogP contribution in [0.5, 0.6) is 5.75 Å². The number of ether oxygens (including phenoxy) is 1. The molecule has 3 nitrogen and oxygen atoms in total. The van der Waals surface area contributed by atoms with Crippen LogP contribution in [0.1, 0.15) is 19.8 Å². The van der Waals surface area contributed by atoms with Crippen LogP contribution in [0.25, 0.3) is 0 Å². The summed E-state index contributed by atoms with van der Waals surface area (Å²) in [5.74, 6) is 0.339. The molecule has 16 heavy (non-hydrogen) atoms. The van der Waals surface area contributed by atoms with Crippen molar-refractivity contribution in [1.82, 2.24) is 5.32 Å². The van der Waals surface area contributed by atoms with Gasteiger partial charge in [0.15, 0.2) is 0 Å². The van der Waals surface area contributed by atoms with Crippen molar-refractivity contribution in [2.75, 3.05) is 6.54 Å². The summed E-state index contributed by atoms with van der Waals surface area (Å²) in [5.41, 5.74) is 0. The van der Waals surface area contributed by atoms with Crippen LogP contribution in [-0.4, -0.2) is 12.6 Å². The van der Waals surface area contributed by atoms with Crippen LogP contribution in [0.2, 0.25) is 10.0 Å². The van der Waals surface area contributed by atoms with E-state index in [1.54, 1.807) is 6.07 Å². The molecule has 1 amide bonds. The van der Waals surface area contributed by atoms with Crippen molar-refractivity contribution in [2.24, 2.45) is 0 Å². The van der Waals surface area contributed by atoms with Gasteiger partial charge in [0.1, 0.15) is 5.75 Å². The lowest BCUT2D eigenvalue weighted by atomic mass is 10.3. The molecule has 0 unspecified atom stereocenters. The molecule has 0 aliphatic rings. The Morgan fingerprint density at radius 3 is 2.50 bits per heavy atom. The molecular formula is C11H13Cl2NO2. The van der Waals surface area contributed by atoms with Gasteiger partial charge in [0.2, 0.25) is 0 Å². The number of carbonyl (C=O) groups excluding carboxylic acids is 1. The van der Waals surface area contributed by atoms with Crippen LogP contribution in [0.4, 0.5) is 4.79 Å². The summed E-state index contributed by atoms with van der Waals surface area (Å²) in [6, 6.07) is 4.64. The van der Waals surface area contributed by atoms with E-state index in [2.05, 4.69) is 5.32 Å². The minimum atomic E-state index is -0.494. The minimum absolute atomic E-state index is 0.339. The first-order valence-electron chi connectivity index (χ1n) is 5.03. The Morgan fingerprint density at radius 2 is 1.94 bits per heavy atom. The normalized spacial score (nSPS) is 9.94. The Labute approximate surface area is 105 Å². The number of carbonyl (C=O) groups is 1. The average molecular weight is 262 g/mol. The zero-order valence-electron chi connectivity index (χ0n) is 8.93. The molecule has 1 N–H and O–H groups in total. The molecule has 1 aromatic rings. The summed E-state index contributed by atoms with van der Waals surface area (Å²) in [4.78, 5) is 11.3. The van der Waals surface area contributed by atoms with Gasteiger partial charge in [0.05, 0.1) is 0 Å². The van der Waals surface area contributed by atoms with Crippen molar-refractivity contribution in [3.05, 3.63) is 28.2 Å². The molecule has 0 heterocycles. The van der Waals surface area contributed by atoms with E-state index < -0.39 is 6.09 Å². The van der Waals surface area contributed by atoms with Gasteiger partial charge in [0.25, 0.3) is 0 Å². The van der Waals surface area contributed by atoms with Crippen LogP contribution in [0.3, 0.4) is 0 Å². The molecule has 5 heteroatoms. The largest absolute Gasteiger partial charge is 0.412 e. The standard InChI is InChI=1S/C11H13Cl2NO2/c1-2-3-4-14-11(15)16-10-6-8(12)5-9(13)7-10/h5-7H,2-4H2,1H3,(H,14,15). The first-order valence-corrected chi connectivity index (χ1v) is 5.79. The Morgan fingerprint density at radius 1 is 1.31 bits per heavy atom. The highest BCUT2D eigenvalue weighted by Crippen LogP contribution is 2.24. The van der Waals surface area contributed by atoms with Crippen LogP contribution >= 0.6 is 23.2 Å². The molecule has 0 saturated carbocycles. The van der Waals surface area contributed by atoms with E-state index in [0.717, 1.165) is 12.8 Å². The predicted molar refractivity (Wildman–Crippen MR) is 65.4 cm³/mol. The second kappa shape index (κ2) is 6.61. The van der Waals surface area contributed by atoms with Crippen LogP contribution < -0.4 is 10.1 Å². The maximum atomic E-state index is 11.3. The van der Waals surface area contributed by atoms with Crippen molar-refractivity contribution in [2.45, 2.75) is 19.8 Å². The number of benzene rings is 1. The number of amides is 1. The molecule has 1 rings (SSSR count). The van der Waals surface area contributed by atoms with Crippen LogP contribution in [-0.2, 0) is 0 Å². The van der Waals surface area contributed by atoms with Crippen molar-refractivity contribution in [3.8, 4) is 5.75 Å². The number of halogens is 2. The summed E-state index contributed by atoms with van der Waals surface area (Å²) < 4.78 is 5.00. The Kier molecular flexibility index (Phi) is 5.43. The zero-order valence-corrected chi connectivity index (χ0v) is 10.4. The van der Waals surface area contributed by atoms with Crippen molar-refractivity contribution < 1.29 is 9.53 Å². The molecule has 88 valence electrons. The third-order valence-electron chi connectivity index (χ3n) is 1.85. The highest BCUT2D eigenvalue weighted by Gasteiger charge is 2.05. The molecule has 0 radical (unpaired) electrons. The van der Waals surface area contributed by atoms with E-state index in [1.807, 2.05) is 6.92 Å². The fourth-order valence-electron chi connectivity index (χ4n) is 1.10.